The zero-order chi connectivity index (χ0) is 19.5. The van der Waals surface area contributed by atoms with Crippen LogP contribution in [0.1, 0.15) is 31.2 Å². The Hall–Kier alpha value is -2.03. The molecule has 0 aromatic heterocycles. The minimum Gasteiger partial charge on any atom is -0.481 e. The fourth-order valence-electron chi connectivity index (χ4n) is 2.92. The van der Waals surface area contributed by atoms with E-state index >= 15 is 0 Å². The Balaban J connectivity index is 2.11. The molecule has 0 saturated heterocycles. The molecule has 26 heavy (non-hydrogen) atoms. The van der Waals surface area contributed by atoms with Gasteiger partial charge < -0.3 is 10.0 Å². The Labute approximate surface area is 150 Å². The van der Waals surface area contributed by atoms with Crippen molar-refractivity contribution in [1.82, 2.24) is 4.90 Å². The zero-order valence-corrected chi connectivity index (χ0v) is 15.2. The Morgan fingerprint density at radius 1 is 1.23 bits per heavy atom. The predicted molar refractivity (Wildman–Crippen MR) is 90.0 cm³/mol. The van der Waals surface area contributed by atoms with Crippen LogP contribution < -0.4 is 0 Å². The van der Waals surface area contributed by atoms with E-state index < -0.39 is 38.8 Å². The number of benzene rings is 1. The molecule has 0 unspecified atom stereocenters. The number of carboxylic acids is 1. The summed E-state index contributed by atoms with van der Waals surface area (Å²) in [5.41, 5.74) is -0.268. The molecule has 1 aliphatic carbocycles. The molecule has 0 aliphatic heterocycles. The molecule has 1 aliphatic rings. The Kier molecular flexibility index (Phi) is 6.00. The molecule has 0 radical (unpaired) electrons. The maximum absolute atomic E-state index is 13.4. The molecule has 0 heterocycles. The highest BCUT2D eigenvalue weighted by molar-refractivity contribution is 7.90. The van der Waals surface area contributed by atoms with E-state index in [0.717, 1.165) is 18.4 Å². The van der Waals surface area contributed by atoms with Crippen molar-refractivity contribution in [2.45, 2.75) is 32.2 Å². The van der Waals surface area contributed by atoms with Crippen LogP contribution in [-0.4, -0.2) is 48.9 Å². The van der Waals surface area contributed by atoms with E-state index in [1.807, 2.05) is 0 Å². The number of carboxylic acid groups (broad SMARTS) is 1. The lowest BCUT2D eigenvalue weighted by atomic mass is 10.0. The van der Waals surface area contributed by atoms with Crippen LogP contribution >= 0.6 is 0 Å². The molecule has 0 spiro atoms. The average molecular weight is 389 g/mol. The lowest BCUT2D eigenvalue weighted by Crippen LogP contribution is -2.35. The van der Waals surface area contributed by atoms with Crippen LogP contribution in [0.5, 0.6) is 0 Å². The van der Waals surface area contributed by atoms with Gasteiger partial charge in [-0.05, 0) is 36.0 Å². The zero-order valence-electron chi connectivity index (χ0n) is 14.4. The van der Waals surface area contributed by atoms with Crippen LogP contribution in [0.4, 0.5) is 8.78 Å². The lowest BCUT2D eigenvalue weighted by molar-refractivity contribution is -0.139. The first-order chi connectivity index (χ1) is 12.0. The van der Waals surface area contributed by atoms with Crippen LogP contribution in [0.25, 0.3) is 0 Å². The van der Waals surface area contributed by atoms with Gasteiger partial charge in [-0.25, -0.2) is 17.2 Å². The molecule has 1 N–H and O–H groups in total. The van der Waals surface area contributed by atoms with Crippen molar-refractivity contribution in [3.8, 4) is 0 Å². The molecule has 0 atom stereocenters. The number of carbonyl (C=O) groups excluding carboxylic acids is 1. The summed E-state index contributed by atoms with van der Waals surface area (Å²) in [6.45, 7) is -0.166. The molecule has 1 saturated carbocycles. The number of hydrogen-bond acceptors (Lipinski definition) is 4. The minimum absolute atomic E-state index is 0.0105. The van der Waals surface area contributed by atoms with Gasteiger partial charge in [-0.2, -0.15) is 0 Å². The fourth-order valence-corrected chi connectivity index (χ4v) is 4.42. The minimum atomic E-state index is -3.24. The van der Waals surface area contributed by atoms with Gasteiger partial charge >= 0.3 is 5.97 Å². The van der Waals surface area contributed by atoms with Gasteiger partial charge in [-0.1, -0.05) is 6.07 Å². The second-order valence-corrected chi connectivity index (χ2v) is 9.09. The summed E-state index contributed by atoms with van der Waals surface area (Å²) in [6.07, 6.45) is 2.03. The van der Waals surface area contributed by atoms with Gasteiger partial charge in [0.15, 0.2) is 11.6 Å². The van der Waals surface area contributed by atoms with Crippen molar-refractivity contribution in [2.75, 3.05) is 18.6 Å². The third-order valence-corrected chi connectivity index (χ3v) is 5.49. The quantitative estimate of drug-likeness (QED) is 0.697. The van der Waals surface area contributed by atoms with Crippen molar-refractivity contribution in [1.29, 1.82) is 0 Å². The van der Waals surface area contributed by atoms with Crippen LogP contribution in [0.3, 0.4) is 0 Å². The second kappa shape index (κ2) is 7.69. The summed E-state index contributed by atoms with van der Waals surface area (Å²) < 4.78 is 49.5. The molecule has 9 heteroatoms. The number of rotatable bonds is 9. The van der Waals surface area contributed by atoms with E-state index in [4.69, 9.17) is 5.11 Å². The largest absolute Gasteiger partial charge is 0.481 e. The Morgan fingerprint density at radius 2 is 1.88 bits per heavy atom. The molecule has 0 bridgehead atoms. The first-order valence-electron chi connectivity index (χ1n) is 8.11. The third kappa shape index (κ3) is 6.05. The predicted octanol–water partition coefficient (Wildman–Crippen LogP) is 1.98. The van der Waals surface area contributed by atoms with E-state index in [2.05, 4.69) is 0 Å². The van der Waals surface area contributed by atoms with E-state index in [-0.39, 0.29) is 31.7 Å². The Morgan fingerprint density at radius 3 is 2.38 bits per heavy atom. The van der Waals surface area contributed by atoms with Gasteiger partial charge in [0.05, 0.1) is 12.2 Å². The highest BCUT2D eigenvalue weighted by Crippen LogP contribution is 2.50. The second-order valence-electron chi connectivity index (χ2n) is 6.95. The van der Waals surface area contributed by atoms with Gasteiger partial charge in [-0.15, -0.1) is 0 Å². The van der Waals surface area contributed by atoms with Crippen LogP contribution in [0.15, 0.2) is 18.2 Å². The topological polar surface area (TPSA) is 91.8 Å². The number of hydrogen-bond donors (Lipinski definition) is 1. The van der Waals surface area contributed by atoms with Gasteiger partial charge in [0, 0.05) is 25.8 Å². The molecule has 144 valence electrons. The number of carbonyl (C=O) groups is 2. The summed E-state index contributed by atoms with van der Waals surface area (Å²) in [4.78, 5) is 24.7. The SMILES string of the molecule is CS(=O)(=O)CC1(CC(=O)N(CCC(=O)O)Cc2ccc(F)c(F)c2)CC1. The van der Waals surface area contributed by atoms with Crippen molar-refractivity contribution >= 4 is 21.7 Å². The van der Waals surface area contributed by atoms with E-state index in [1.54, 1.807) is 0 Å². The van der Waals surface area contributed by atoms with Gasteiger partial charge in [0.25, 0.3) is 0 Å². The van der Waals surface area contributed by atoms with Crippen LogP contribution in [0.2, 0.25) is 0 Å². The number of halogens is 2. The molecule has 6 nitrogen and oxygen atoms in total. The van der Waals surface area contributed by atoms with Gasteiger partial charge in [-0.3, -0.25) is 9.59 Å². The lowest BCUT2D eigenvalue weighted by Gasteiger charge is -2.25. The van der Waals surface area contributed by atoms with E-state index in [9.17, 15) is 26.8 Å². The number of aliphatic carboxylic acids is 1. The van der Waals surface area contributed by atoms with Crippen molar-refractivity contribution in [3.05, 3.63) is 35.4 Å². The normalized spacial score (nSPS) is 15.5. The van der Waals surface area contributed by atoms with Crippen molar-refractivity contribution < 1.29 is 31.9 Å². The summed E-state index contributed by atoms with van der Waals surface area (Å²) in [6, 6.07) is 3.22. The van der Waals surface area contributed by atoms with Crippen molar-refractivity contribution in [3.63, 3.8) is 0 Å². The number of amides is 1. The standard InChI is InChI=1S/C17H21F2NO5S/c1-26(24,25)11-17(5-6-17)9-15(21)20(7-4-16(22)23)10-12-2-3-13(18)14(19)8-12/h2-3,8H,4-7,9-11H2,1H3,(H,22,23). The highest BCUT2D eigenvalue weighted by atomic mass is 32.2. The third-order valence-electron chi connectivity index (χ3n) is 4.36. The molecule has 1 aromatic rings. The fraction of sp³-hybridized carbons (Fsp3) is 0.529. The van der Waals surface area contributed by atoms with Gasteiger partial charge in [0.2, 0.25) is 5.91 Å². The van der Waals surface area contributed by atoms with Gasteiger partial charge in [0.1, 0.15) is 9.84 Å². The maximum Gasteiger partial charge on any atom is 0.305 e. The molecule has 2 rings (SSSR count). The van der Waals surface area contributed by atoms with Crippen LogP contribution in [-0.2, 0) is 26.0 Å². The summed E-state index contributed by atoms with van der Waals surface area (Å²) >= 11 is 0. The molecule has 1 fully saturated rings. The molecular formula is C17H21F2NO5S. The first-order valence-corrected chi connectivity index (χ1v) is 10.2. The van der Waals surface area contributed by atoms with Crippen LogP contribution in [0, 0.1) is 17.0 Å². The first kappa shape index (κ1) is 20.3. The van der Waals surface area contributed by atoms with E-state index in [1.165, 1.54) is 11.0 Å². The summed E-state index contributed by atoms with van der Waals surface area (Å²) in [7, 11) is -3.24. The van der Waals surface area contributed by atoms with Crippen molar-refractivity contribution in [2.24, 2.45) is 5.41 Å². The maximum atomic E-state index is 13.4. The monoisotopic (exact) mass is 389 g/mol. The highest BCUT2D eigenvalue weighted by Gasteiger charge is 2.47. The average Bonchev–Trinajstić information content (AvgIpc) is 3.23. The number of nitrogens with zero attached hydrogens (tertiary/aromatic N) is 1. The molecule has 1 aromatic carbocycles. The Bertz CT molecular complexity index is 805. The number of sulfone groups is 1. The summed E-state index contributed by atoms with van der Waals surface area (Å²) in [5, 5.41) is 8.86. The van der Waals surface area contributed by atoms with E-state index in [0.29, 0.717) is 18.4 Å². The molecular weight excluding hydrogens is 368 g/mol. The molecule has 1 amide bonds. The summed E-state index contributed by atoms with van der Waals surface area (Å²) in [5.74, 6) is -3.64. The smallest absolute Gasteiger partial charge is 0.305 e.